The van der Waals surface area contributed by atoms with Crippen LogP contribution in [0.15, 0.2) is 24.3 Å². The molecule has 0 heterocycles. The summed E-state index contributed by atoms with van der Waals surface area (Å²) in [6.45, 7) is 3.53. The standard InChI is InChI=1S/C17H27NO/c1-17(11-5-4-6-12-17)16(13-18-2)14-7-9-15(19-3)10-8-14/h7-10,16,18H,4-6,11-13H2,1-3H3. The van der Waals surface area contributed by atoms with Crippen molar-refractivity contribution < 1.29 is 4.74 Å². The van der Waals surface area contributed by atoms with Crippen LogP contribution in [0.5, 0.6) is 5.75 Å². The number of hydrogen-bond donors (Lipinski definition) is 1. The fourth-order valence-corrected chi connectivity index (χ4v) is 3.51. The average molecular weight is 261 g/mol. The van der Waals surface area contributed by atoms with E-state index in [4.69, 9.17) is 4.74 Å². The summed E-state index contributed by atoms with van der Waals surface area (Å²) >= 11 is 0. The molecule has 1 aromatic carbocycles. The molecule has 1 fully saturated rings. The van der Waals surface area contributed by atoms with Crippen molar-refractivity contribution in [2.45, 2.75) is 44.9 Å². The number of ether oxygens (including phenoxy) is 1. The molecule has 1 unspecified atom stereocenters. The monoisotopic (exact) mass is 261 g/mol. The molecule has 0 bridgehead atoms. The Bertz CT molecular complexity index is 379. The molecule has 1 N–H and O–H groups in total. The summed E-state index contributed by atoms with van der Waals surface area (Å²) in [4.78, 5) is 0. The van der Waals surface area contributed by atoms with Crippen molar-refractivity contribution in [3.05, 3.63) is 29.8 Å². The minimum Gasteiger partial charge on any atom is -0.497 e. The summed E-state index contributed by atoms with van der Waals surface area (Å²) in [5, 5.41) is 3.39. The number of hydrogen-bond acceptors (Lipinski definition) is 2. The summed E-state index contributed by atoms with van der Waals surface area (Å²) in [6.07, 6.45) is 6.88. The number of rotatable bonds is 5. The Kier molecular flexibility index (Phi) is 4.87. The van der Waals surface area contributed by atoms with Crippen LogP contribution in [-0.4, -0.2) is 20.7 Å². The van der Waals surface area contributed by atoms with Gasteiger partial charge in [0, 0.05) is 12.5 Å². The van der Waals surface area contributed by atoms with Crippen LogP contribution >= 0.6 is 0 Å². The molecular weight excluding hydrogens is 234 g/mol. The molecule has 1 saturated carbocycles. The number of benzene rings is 1. The molecule has 19 heavy (non-hydrogen) atoms. The lowest BCUT2D eigenvalue weighted by Crippen LogP contribution is -2.34. The largest absolute Gasteiger partial charge is 0.497 e. The van der Waals surface area contributed by atoms with Gasteiger partial charge >= 0.3 is 0 Å². The second-order valence-electron chi connectivity index (χ2n) is 6.10. The Morgan fingerprint density at radius 3 is 2.32 bits per heavy atom. The first-order valence-electron chi connectivity index (χ1n) is 7.48. The minimum absolute atomic E-state index is 0.440. The van der Waals surface area contributed by atoms with Gasteiger partial charge < -0.3 is 10.1 Å². The van der Waals surface area contributed by atoms with E-state index in [1.807, 2.05) is 0 Å². The number of methoxy groups -OCH3 is 1. The third-order valence-corrected chi connectivity index (χ3v) is 4.76. The molecule has 1 aliphatic carbocycles. The maximum Gasteiger partial charge on any atom is 0.118 e. The predicted molar refractivity (Wildman–Crippen MR) is 80.9 cm³/mol. The second kappa shape index (κ2) is 6.42. The van der Waals surface area contributed by atoms with E-state index in [0.29, 0.717) is 11.3 Å². The van der Waals surface area contributed by atoms with Crippen LogP contribution in [0.2, 0.25) is 0 Å². The summed E-state index contributed by atoms with van der Waals surface area (Å²) < 4.78 is 5.26. The summed E-state index contributed by atoms with van der Waals surface area (Å²) in [5.41, 5.74) is 1.88. The van der Waals surface area contributed by atoms with Gasteiger partial charge in [-0.3, -0.25) is 0 Å². The lowest BCUT2D eigenvalue weighted by atomic mass is 9.65. The first-order valence-corrected chi connectivity index (χ1v) is 7.48. The average Bonchev–Trinajstić information content (AvgIpc) is 2.45. The van der Waals surface area contributed by atoms with E-state index in [-0.39, 0.29) is 0 Å². The number of nitrogens with one attached hydrogen (secondary N) is 1. The van der Waals surface area contributed by atoms with E-state index in [2.05, 4.69) is 43.6 Å². The van der Waals surface area contributed by atoms with Crippen molar-refractivity contribution in [1.29, 1.82) is 0 Å². The van der Waals surface area contributed by atoms with Gasteiger partial charge in [-0.2, -0.15) is 0 Å². The molecule has 1 aromatic rings. The molecule has 106 valence electrons. The Morgan fingerprint density at radius 2 is 1.79 bits per heavy atom. The molecule has 1 atom stereocenters. The first-order chi connectivity index (χ1) is 9.19. The molecular formula is C17H27NO. The SMILES string of the molecule is CNCC(c1ccc(OC)cc1)C1(C)CCCCC1. The second-order valence-corrected chi connectivity index (χ2v) is 6.10. The molecule has 0 saturated heterocycles. The topological polar surface area (TPSA) is 21.3 Å². The van der Waals surface area contributed by atoms with E-state index < -0.39 is 0 Å². The van der Waals surface area contributed by atoms with Gasteiger partial charge in [0.2, 0.25) is 0 Å². The van der Waals surface area contributed by atoms with Crippen molar-refractivity contribution in [2.75, 3.05) is 20.7 Å². The lowest BCUT2D eigenvalue weighted by Gasteiger charge is -2.41. The Morgan fingerprint density at radius 1 is 1.16 bits per heavy atom. The zero-order valence-electron chi connectivity index (χ0n) is 12.5. The van der Waals surface area contributed by atoms with Crippen LogP contribution < -0.4 is 10.1 Å². The van der Waals surface area contributed by atoms with Crippen molar-refractivity contribution in [2.24, 2.45) is 5.41 Å². The van der Waals surface area contributed by atoms with Crippen LogP contribution in [-0.2, 0) is 0 Å². The molecule has 0 spiro atoms. The maximum atomic E-state index is 5.26. The van der Waals surface area contributed by atoms with Crippen molar-refractivity contribution in [3.8, 4) is 5.75 Å². The van der Waals surface area contributed by atoms with Crippen LogP contribution in [0, 0.1) is 5.41 Å². The molecule has 2 nitrogen and oxygen atoms in total. The highest BCUT2D eigenvalue weighted by Crippen LogP contribution is 2.46. The van der Waals surface area contributed by atoms with Crippen LogP contribution in [0.1, 0.15) is 50.5 Å². The van der Waals surface area contributed by atoms with Gasteiger partial charge in [-0.15, -0.1) is 0 Å². The highest BCUT2D eigenvalue weighted by molar-refractivity contribution is 5.31. The van der Waals surface area contributed by atoms with Crippen molar-refractivity contribution >= 4 is 0 Å². The summed E-state index contributed by atoms with van der Waals surface area (Å²) in [7, 11) is 3.78. The Balaban J connectivity index is 2.22. The van der Waals surface area contributed by atoms with Gasteiger partial charge in [-0.05, 0) is 43.0 Å². The molecule has 2 rings (SSSR count). The van der Waals surface area contributed by atoms with Crippen molar-refractivity contribution in [3.63, 3.8) is 0 Å². The smallest absolute Gasteiger partial charge is 0.118 e. The van der Waals surface area contributed by atoms with E-state index in [9.17, 15) is 0 Å². The van der Waals surface area contributed by atoms with Gasteiger partial charge in [0.05, 0.1) is 7.11 Å². The zero-order valence-corrected chi connectivity index (χ0v) is 12.5. The van der Waals surface area contributed by atoms with Crippen LogP contribution in [0.25, 0.3) is 0 Å². The van der Waals surface area contributed by atoms with E-state index >= 15 is 0 Å². The highest BCUT2D eigenvalue weighted by atomic mass is 16.5. The van der Waals surface area contributed by atoms with Gasteiger partial charge in [-0.1, -0.05) is 38.3 Å². The summed E-state index contributed by atoms with van der Waals surface area (Å²) in [6, 6.07) is 8.65. The minimum atomic E-state index is 0.440. The van der Waals surface area contributed by atoms with Gasteiger partial charge in [-0.25, -0.2) is 0 Å². The maximum absolute atomic E-state index is 5.26. The van der Waals surface area contributed by atoms with Gasteiger partial charge in [0.15, 0.2) is 0 Å². The normalized spacial score (nSPS) is 19.9. The Labute approximate surface area is 117 Å². The summed E-state index contributed by atoms with van der Waals surface area (Å²) in [5.74, 6) is 1.55. The molecule has 0 aromatic heterocycles. The predicted octanol–water partition coefficient (Wildman–Crippen LogP) is 3.97. The number of likely N-dealkylation sites (N-methyl/N-ethyl adjacent to an activating group) is 1. The van der Waals surface area contributed by atoms with Gasteiger partial charge in [0.1, 0.15) is 5.75 Å². The van der Waals surface area contributed by atoms with E-state index in [0.717, 1.165) is 12.3 Å². The van der Waals surface area contributed by atoms with E-state index in [1.54, 1.807) is 7.11 Å². The van der Waals surface area contributed by atoms with E-state index in [1.165, 1.54) is 37.7 Å². The highest BCUT2D eigenvalue weighted by Gasteiger charge is 2.35. The Hall–Kier alpha value is -1.02. The van der Waals surface area contributed by atoms with Crippen LogP contribution in [0.3, 0.4) is 0 Å². The molecule has 1 aliphatic rings. The quantitative estimate of drug-likeness (QED) is 0.866. The van der Waals surface area contributed by atoms with Gasteiger partial charge in [0.25, 0.3) is 0 Å². The fraction of sp³-hybridized carbons (Fsp3) is 0.647. The lowest BCUT2D eigenvalue weighted by molar-refractivity contribution is 0.166. The van der Waals surface area contributed by atoms with Crippen LogP contribution in [0.4, 0.5) is 0 Å². The fourth-order valence-electron chi connectivity index (χ4n) is 3.51. The molecule has 0 amide bonds. The third-order valence-electron chi connectivity index (χ3n) is 4.76. The van der Waals surface area contributed by atoms with Crippen molar-refractivity contribution in [1.82, 2.24) is 5.32 Å². The third kappa shape index (κ3) is 3.30. The molecule has 2 heteroatoms. The zero-order chi connectivity index (χ0) is 13.7. The first kappa shape index (κ1) is 14.4. The molecule has 0 aliphatic heterocycles. The molecule has 0 radical (unpaired) electrons.